The van der Waals surface area contributed by atoms with Gasteiger partial charge in [0, 0.05) is 34.1 Å². The average molecular weight is 1400 g/mol. The van der Waals surface area contributed by atoms with E-state index in [1.54, 1.807) is 60.7 Å². The van der Waals surface area contributed by atoms with Gasteiger partial charge in [0.2, 0.25) is 0 Å². The fourth-order valence-electron chi connectivity index (χ4n) is 11.0. The van der Waals surface area contributed by atoms with Gasteiger partial charge in [0.25, 0.3) is 5.19 Å². The number of ether oxygens (including phenoxy) is 11. The number of rotatable bonds is 18. The second-order valence-corrected chi connectivity index (χ2v) is 27.4. The number of nitrogens with zero attached hydrogens (tertiary/aromatic N) is 4. The number of fused-ring (bicyclic) bond motifs is 4. The molecule has 4 aromatic heterocycles. The van der Waals surface area contributed by atoms with Crippen LogP contribution in [0.1, 0.15) is 109 Å². The molecule has 0 unspecified atom stereocenters. The molecule has 6 fully saturated rings. The Kier molecular flexibility index (Phi) is 19.8. The lowest BCUT2D eigenvalue weighted by Crippen LogP contribution is -2.35. The molecule has 2 saturated carbocycles. The van der Waals surface area contributed by atoms with Gasteiger partial charge >= 0.3 is 11.9 Å². The molecule has 89 heavy (non-hydrogen) atoms. The van der Waals surface area contributed by atoms with Gasteiger partial charge in [-0.15, -0.1) is 11.3 Å². The molecular formula is C62H61BrCl4N4O16S2. The van der Waals surface area contributed by atoms with E-state index in [4.69, 9.17) is 108 Å². The molecule has 20 nitrogen and oxygen atoms in total. The quantitative estimate of drug-likeness (QED) is 0.0786. The van der Waals surface area contributed by atoms with Gasteiger partial charge in [-0.1, -0.05) is 80.2 Å². The Morgan fingerprint density at radius 2 is 1.03 bits per heavy atom. The van der Waals surface area contributed by atoms with Crippen LogP contribution in [0.4, 0.5) is 0 Å². The van der Waals surface area contributed by atoms with Crippen molar-refractivity contribution >= 4 is 117 Å². The molecule has 0 spiro atoms. The molecule has 8 heterocycles. The molecule has 14 rings (SSSR count). The molecule has 27 heteroatoms. The minimum Gasteiger partial charge on any atom is -0.489 e. The number of benzene rings is 4. The molecule has 8 aromatic rings. The van der Waals surface area contributed by atoms with Crippen LogP contribution in [0.25, 0.3) is 42.9 Å². The van der Waals surface area contributed by atoms with E-state index in [1.165, 1.54) is 36.9 Å². The number of aliphatic hydroxyl groups excluding tert-OH is 1. The normalized spacial score (nSPS) is 22.7. The number of carbonyl (C=O) groups excluding carboxylic acids is 2. The van der Waals surface area contributed by atoms with E-state index in [0.717, 1.165) is 67.2 Å². The summed E-state index contributed by atoms with van der Waals surface area (Å²) < 4.78 is 77.5. The van der Waals surface area contributed by atoms with Gasteiger partial charge in [0.15, 0.2) is 10.0 Å². The highest BCUT2D eigenvalue weighted by Crippen LogP contribution is 2.49. The molecule has 0 radical (unpaired) electrons. The summed E-state index contributed by atoms with van der Waals surface area (Å²) >= 11 is 31.9. The molecule has 4 saturated heterocycles. The van der Waals surface area contributed by atoms with E-state index in [1.807, 2.05) is 27.7 Å². The summed E-state index contributed by atoms with van der Waals surface area (Å²) in [5.74, 6) is 2.59. The van der Waals surface area contributed by atoms with Crippen molar-refractivity contribution in [2.24, 2.45) is 0 Å². The van der Waals surface area contributed by atoms with Crippen molar-refractivity contribution in [2.75, 3.05) is 40.6 Å². The first-order chi connectivity index (χ1) is 42.9. The van der Waals surface area contributed by atoms with Crippen LogP contribution in [0.15, 0.2) is 73.6 Å². The highest BCUT2D eigenvalue weighted by Gasteiger charge is 2.51. The van der Waals surface area contributed by atoms with Crippen LogP contribution in [0.5, 0.6) is 16.7 Å². The third-order valence-electron chi connectivity index (χ3n) is 15.5. The highest BCUT2D eigenvalue weighted by molar-refractivity contribution is 9.11. The van der Waals surface area contributed by atoms with Gasteiger partial charge in [-0.25, -0.2) is 14.6 Å². The molecule has 0 amide bonds. The van der Waals surface area contributed by atoms with Crippen molar-refractivity contribution in [2.45, 2.75) is 139 Å². The van der Waals surface area contributed by atoms with Crippen molar-refractivity contribution < 1.29 is 75.8 Å². The minimum atomic E-state index is -0.598. The number of halogens is 5. The summed E-state index contributed by atoms with van der Waals surface area (Å²) in [7, 11) is 2.70. The fraction of sp³-hybridized carbons (Fsp3) is 0.452. The lowest BCUT2D eigenvalue weighted by Gasteiger charge is -2.17. The van der Waals surface area contributed by atoms with Crippen molar-refractivity contribution in [1.82, 2.24) is 20.3 Å². The lowest BCUT2D eigenvalue weighted by atomic mass is 10.0. The molecule has 4 aromatic carbocycles. The first-order valence-electron chi connectivity index (χ1n) is 28.9. The Bertz CT molecular complexity index is 3850. The molecular weight excluding hydrogens is 1340 g/mol. The largest absolute Gasteiger partial charge is 0.489 e. The highest BCUT2D eigenvalue weighted by atomic mass is 79.9. The monoisotopic (exact) mass is 1400 g/mol. The summed E-state index contributed by atoms with van der Waals surface area (Å²) in [6, 6.07) is 17.5. The maximum absolute atomic E-state index is 12.3. The van der Waals surface area contributed by atoms with Crippen LogP contribution >= 0.6 is 85.0 Å². The van der Waals surface area contributed by atoms with Crippen molar-refractivity contribution in [3.05, 3.63) is 118 Å². The van der Waals surface area contributed by atoms with E-state index < -0.39 is 12.1 Å². The lowest BCUT2D eigenvalue weighted by molar-refractivity contribution is -0.0441. The Hall–Kier alpha value is -5.22. The van der Waals surface area contributed by atoms with E-state index in [-0.39, 0.29) is 74.1 Å². The Morgan fingerprint density at radius 3 is 1.51 bits per heavy atom. The number of hydrogen-bond acceptors (Lipinski definition) is 22. The summed E-state index contributed by atoms with van der Waals surface area (Å²) in [4.78, 5) is 32.9. The Balaban J connectivity index is 0.000000145. The maximum Gasteiger partial charge on any atom is 0.338 e. The maximum atomic E-state index is 12.3. The SMILES string of the molecule is COC(=O)c1cc(OC(C)C)c2nc(Br)sc2c1.COC(=O)c1cc(OC(C)C)c2nc(O[C@H]3CO[C@H]4[C@@H]3OC[C@@H]4OCc3c(-c4c(Cl)cccc4Cl)noc3C3CC3)sc2c1.O[C@H]1CO[C@H]2[C@@H]1OC[C@@H]2OCc1c(-c2c(Cl)cccc2Cl)noc1C1CC1. The van der Waals surface area contributed by atoms with E-state index in [9.17, 15) is 14.7 Å². The van der Waals surface area contributed by atoms with Gasteiger partial charge in [-0.3, -0.25) is 0 Å². The predicted octanol–water partition coefficient (Wildman–Crippen LogP) is 14.0. The van der Waals surface area contributed by atoms with Crippen LogP contribution in [-0.2, 0) is 51.1 Å². The second-order valence-electron chi connectivity index (χ2n) is 22.5. The van der Waals surface area contributed by atoms with Crippen LogP contribution in [0, 0.1) is 0 Å². The third-order valence-corrected chi connectivity index (χ3v) is 19.1. The molecule has 2 aliphatic carbocycles. The van der Waals surface area contributed by atoms with E-state index >= 15 is 0 Å². The van der Waals surface area contributed by atoms with Crippen molar-refractivity contribution in [1.29, 1.82) is 0 Å². The molecule has 1 N–H and O–H groups in total. The number of methoxy groups -OCH3 is 2. The zero-order valence-electron chi connectivity index (χ0n) is 48.8. The van der Waals surface area contributed by atoms with E-state index in [0.29, 0.717) is 114 Å². The van der Waals surface area contributed by atoms with Gasteiger partial charge < -0.3 is 66.3 Å². The Morgan fingerprint density at radius 1 is 0.607 bits per heavy atom. The second kappa shape index (κ2) is 27.5. The summed E-state index contributed by atoms with van der Waals surface area (Å²) in [5, 5.41) is 21.0. The number of carbonyl (C=O) groups is 2. The molecule has 0 bridgehead atoms. The van der Waals surface area contributed by atoms with Crippen molar-refractivity contribution in [3.8, 4) is 39.2 Å². The zero-order valence-corrected chi connectivity index (χ0v) is 55.1. The number of thiazole rings is 2. The molecule has 4 aliphatic heterocycles. The number of aliphatic hydroxyl groups is 1. The van der Waals surface area contributed by atoms with Gasteiger partial charge in [-0.05, 0) is 118 Å². The van der Waals surface area contributed by atoms with Crippen molar-refractivity contribution in [3.63, 3.8) is 0 Å². The predicted molar refractivity (Wildman–Crippen MR) is 336 cm³/mol. The van der Waals surface area contributed by atoms with Gasteiger partial charge in [-0.2, -0.15) is 4.98 Å². The van der Waals surface area contributed by atoms with Crippen LogP contribution in [-0.4, -0.2) is 139 Å². The number of esters is 2. The van der Waals surface area contributed by atoms with E-state index in [2.05, 4.69) is 36.2 Å². The third kappa shape index (κ3) is 13.9. The first kappa shape index (κ1) is 63.9. The van der Waals surface area contributed by atoms with Crippen LogP contribution in [0.2, 0.25) is 20.1 Å². The standard InChI is InChI=1S/C31H30Cl2N2O8S.C19H19Cl2NO5.C12H12BrNO3S/c1-14(2)41-20-9-16(30(36)37-3)10-23-26(20)34-31(44-23)42-22-13-40-28-21(12-39-29(22)28)38-11-17-25(35-43-27(17)15-7-8-15)24-18(32)5-4-6-19(24)33;20-11-2-1-3-12(21)15(11)16-10(17(27-22-16)9-4-5-9)6-24-14-8-26-18-13(23)7-25-19(14)18;1-6(2)17-8-4-7(11(15)16-3)5-9-10(8)14-12(13)18-9/h4-6,9-10,14-15,21-22,28-29H,7-8,11-13H2,1-3H3;1-3,9,13-14,18-19,23H,4-8H2;4-6H,1-3H3/t21-,22-,28+,29+;13-,14-,18+,19+;/m00./s1. The smallest absolute Gasteiger partial charge is 0.338 e. The van der Waals surface area contributed by atoms with Gasteiger partial charge in [0.1, 0.15) is 88.2 Å². The summed E-state index contributed by atoms with van der Waals surface area (Å²) in [5.41, 5.74) is 6.44. The number of hydrogen-bond donors (Lipinski definition) is 1. The molecule has 6 aliphatic rings. The molecule has 8 atom stereocenters. The van der Waals surface area contributed by atoms with Crippen LogP contribution in [0.3, 0.4) is 0 Å². The number of aromatic nitrogens is 4. The topological polar surface area (TPSA) is 234 Å². The fourth-order valence-corrected chi connectivity index (χ4v) is 14.6. The zero-order chi connectivity index (χ0) is 62.4. The summed E-state index contributed by atoms with van der Waals surface area (Å²) in [6.07, 6.45) is 1.33. The summed E-state index contributed by atoms with van der Waals surface area (Å²) in [6.45, 7) is 9.54. The first-order valence-corrected chi connectivity index (χ1v) is 32.8. The minimum absolute atomic E-state index is 0.0153. The van der Waals surface area contributed by atoms with Crippen LogP contribution < -0.4 is 14.2 Å². The average Bonchev–Trinajstić information content (AvgIpc) is 1.92. The van der Waals surface area contributed by atoms with Gasteiger partial charge in [0.05, 0.1) is 107 Å². The molecule has 472 valence electrons. The Labute approximate surface area is 547 Å².